The number of thiazole rings is 1. The number of carbonyl (C=O) groups excluding carboxylic acids is 1. The molecule has 1 aromatic heterocycles. The second-order valence-corrected chi connectivity index (χ2v) is 6.08. The molecular formula is C18H17N3O3S. The highest BCUT2D eigenvalue weighted by Gasteiger charge is 2.13. The molecule has 3 aromatic rings. The molecule has 2 aromatic carbocycles. The molecule has 1 heterocycles. The van der Waals surface area contributed by atoms with Gasteiger partial charge in [0.2, 0.25) is 0 Å². The van der Waals surface area contributed by atoms with Gasteiger partial charge in [-0.25, -0.2) is 4.98 Å². The van der Waals surface area contributed by atoms with Gasteiger partial charge in [-0.2, -0.15) is 0 Å². The third kappa shape index (κ3) is 3.89. The van der Waals surface area contributed by atoms with Crippen LogP contribution in [0.4, 0.5) is 10.8 Å². The van der Waals surface area contributed by atoms with E-state index < -0.39 is 0 Å². The number of rotatable bonds is 5. The van der Waals surface area contributed by atoms with Crippen LogP contribution in [0.2, 0.25) is 0 Å². The second-order valence-electron chi connectivity index (χ2n) is 5.22. The fourth-order valence-corrected chi connectivity index (χ4v) is 2.98. The topological polar surface area (TPSA) is 86.5 Å². The van der Waals surface area contributed by atoms with E-state index in [-0.39, 0.29) is 5.91 Å². The fraction of sp³-hybridized carbons (Fsp3) is 0.111. The van der Waals surface area contributed by atoms with Crippen molar-refractivity contribution >= 4 is 28.1 Å². The van der Waals surface area contributed by atoms with Gasteiger partial charge in [0.15, 0.2) is 5.13 Å². The van der Waals surface area contributed by atoms with Crippen LogP contribution in [0.1, 0.15) is 10.4 Å². The van der Waals surface area contributed by atoms with Crippen molar-refractivity contribution < 1.29 is 14.3 Å². The maximum atomic E-state index is 12.5. The van der Waals surface area contributed by atoms with Crippen LogP contribution in [0.15, 0.2) is 47.8 Å². The Balaban J connectivity index is 1.80. The third-order valence-corrected chi connectivity index (χ3v) is 4.28. The number of nitrogens with one attached hydrogen (secondary N) is 1. The van der Waals surface area contributed by atoms with E-state index in [1.54, 1.807) is 18.2 Å². The molecule has 6 nitrogen and oxygen atoms in total. The van der Waals surface area contributed by atoms with Crippen LogP contribution < -0.4 is 20.5 Å². The summed E-state index contributed by atoms with van der Waals surface area (Å²) in [6.07, 6.45) is 0. The maximum Gasteiger partial charge on any atom is 0.257 e. The molecule has 0 aliphatic heterocycles. The lowest BCUT2D eigenvalue weighted by Crippen LogP contribution is -2.12. The van der Waals surface area contributed by atoms with Gasteiger partial charge >= 0.3 is 0 Å². The third-order valence-electron chi connectivity index (χ3n) is 3.52. The molecule has 0 saturated carbocycles. The van der Waals surface area contributed by atoms with Gasteiger partial charge in [-0.05, 0) is 24.3 Å². The quantitative estimate of drug-likeness (QED) is 0.682. The van der Waals surface area contributed by atoms with Gasteiger partial charge in [-0.3, -0.25) is 10.1 Å². The van der Waals surface area contributed by atoms with E-state index in [2.05, 4.69) is 10.3 Å². The molecule has 0 spiro atoms. The summed E-state index contributed by atoms with van der Waals surface area (Å²) < 4.78 is 10.4. The summed E-state index contributed by atoms with van der Waals surface area (Å²) in [6, 6.07) is 12.4. The number of nitrogens with two attached hydrogens (primary N) is 1. The minimum atomic E-state index is -0.286. The first-order chi connectivity index (χ1) is 12.1. The number of anilines is 2. The number of ether oxygens (including phenoxy) is 2. The van der Waals surface area contributed by atoms with E-state index in [1.807, 2.05) is 29.6 Å². The fourth-order valence-electron chi connectivity index (χ4n) is 2.27. The molecule has 7 heteroatoms. The van der Waals surface area contributed by atoms with Crippen LogP contribution in [0.25, 0.3) is 11.3 Å². The molecule has 0 saturated heterocycles. The Morgan fingerprint density at radius 1 is 1.12 bits per heavy atom. The number of hydrogen-bond acceptors (Lipinski definition) is 6. The Morgan fingerprint density at radius 3 is 2.48 bits per heavy atom. The minimum absolute atomic E-state index is 0.286. The Hall–Kier alpha value is -3.06. The monoisotopic (exact) mass is 355 g/mol. The summed E-state index contributed by atoms with van der Waals surface area (Å²) in [6.45, 7) is 0. The molecular weight excluding hydrogens is 338 g/mol. The largest absolute Gasteiger partial charge is 0.497 e. The van der Waals surface area contributed by atoms with Crippen LogP contribution in [0.5, 0.6) is 11.5 Å². The van der Waals surface area contributed by atoms with E-state index in [9.17, 15) is 4.79 Å². The molecule has 0 unspecified atom stereocenters. The van der Waals surface area contributed by atoms with Crippen LogP contribution in [-0.4, -0.2) is 25.1 Å². The normalized spacial score (nSPS) is 10.3. The smallest absolute Gasteiger partial charge is 0.257 e. The van der Waals surface area contributed by atoms with Gasteiger partial charge in [0, 0.05) is 28.3 Å². The van der Waals surface area contributed by atoms with Gasteiger partial charge in [-0.1, -0.05) is 12.1 Å². The van der Waals surface area contributed by atoms with Crippen molar-refractivity contribution in [2.24, 2.45) is 0 Å². The molecule has 128 valence electrons. The lowest BCUT2D eigenvalue weighted by molar-refractivity contribution is 0.102. The van der Waals surface area contributed by atoms with Crippen molar-refractivity contribution in [2.45, 2.75) is 0 Å². The van der Waals surface area contributed by atoms with Gasteiger partial charge in [0.25, 0.3) is 5.91 Å². The predicted octanol–water partition coefficient (Wildman–Crippen LogP) is 3.66. The van der Waals surface area contributed by atoms with Crippen molar-refractivity contribution in [3.05, 3.63) is 53.4 Å². The first-order valence-corrected chi connectivity index (χ1v) is 8.33. The van der Waals surface area contributed by atoms with Crippen LogP contribution >= 0.6 is 11.3 Å². The molecule has 25 heavy (non-hydrogen) atoms. The van der Waals surface area contributed by atoms with Crippen molar-refractivity contribution in [3.63, 3.8) is 0 Å². The van der Waals surface area contributed by atoms with E-state index in [1.165, 1.54) is 25.6 Å². The number of hydrogen-bond donors (Lipinski definition) is 2. The van der Waals surface area contributed by atoms with Gasteiger partial charge < -0.3 is 15.2 Å². The highest BCUT2D eigenvalue weighted by atomic mass is 32.1. The second kappa shape index (κ2) is 7.23. The summed E-state index contributed by atoms with van der Waals surface area (Å²) in [5.74, 6) is 0.804. The summed E-state index contributed by atoms with van der Waals surface area (Å²) in [4.78, 5) is 16.9. The van der Waals surface area contributed by atoms with E-state index in [0.717, 1.165) is 11.3 Å². The number of methoxy groups -OCH3 is 2. The number of nitrogen functional groups attached to an aromatic ring is 1. The zero-order valence-corrected chi connectivity index (χ0v) is 14.6. The zero-order chi connectivity index (χ0) is 17.8. The molecule has 0 aliphatic rings. The molecule has 3 N–H and O–H groups in total. The highest BCUT2D eigenvalue weighted by molar-refractivity contribution is 7.14. The van der Waals surface area contributed by atoms with E-state index >= 15 is 0 Å². The number of nitrogens with zero attached hydrogens (tertiary/aromatic N) is 1. The van der Waals surface area contributed by atoms with Gasteiger partial charge in [-0.15, -0.1) is 11.3 Å². The first-order valence-electron chi connectivity index (χ1n) is 7.45. The Morgan fingerprint density at radius 2 is 1.84 bits per heavy atom. The van der Waals surface area contributed by atoms with Crippen molar-refractivity contribution in [1.82, 2.24) is 4.98 Å². The molecule has 0 fully saturated rings. The van der Waals surface area contributed by atoms with Crippen LogP contribution in [0, 0.1) is 0 Å². The Labute approximate surface area is 149 Å². The molecule has 0 atom stereocenters. The summed E-state index contributed by atoms with van der Waals surface area (Å²) in [5.41, 5.74) is 8.55. The van der Waals surface area contributed by atoms with Gasteiger partial charge in [0.1, 0.15) is 11.5 Å². The first kappa shape index (κ1) is 16.8. The molecule has 3 rings (SSSR count). The average Bonchev–Trinajstić information content (AvgIpc) is 3.09. The molecule has 0 bridgehead atoms. The van der Waals surface area contributed by atoms with Crippen LogP contribution in [-0.2, 0) is 0 Å². The highest BCUT2D eigenvalue weighted by Crippen LogP contribution is 2.27. The number of amides is 1. The average molecular weight is 355 g/mol. The molecule has 0 aliphatic carbocycles. The Kier molecular flexibility index (Phi) is 4.85. The Bertz CT molecular complexity index is 886. The summed E-state index contributed by atoms with van der Waals surface area (Å²) in [5, 5.41) is 5.17. The predicted molar refractivity (Wildman–Crippen MR) is 99.5 cm³/mol. The summed E-state index contributed by atoms with van der Waals surface area (Å²) >= 11 is 1.35. The number of carbonyl (C=O) groups is 1. The maximum absolute atomic E-state index is 12.5. The number of aromatic nitrogens is 1. The lowest BCUT2D eigenvalue weighted by Gasteiger charge is -2.08. The molecule has 1 amide bonds. The lowest BCUT2D eigenvalue weighted by atomic mass is 10.1. The number of benzene rings is 2. The van der Waals surface area contributed by atoms with Crippen molar-refractivity contribution in [2.75, 3.05) is 25.3 Å². The van der Waals surface area contributed by atoms with Crippen molar-refractivity contribution in [3.8, 4) is 22.8 Å². The van der Waals surface area contributed by atoms with Crippen molar-refractivity contribution in [1.29, 1.82) is 0 Å². The van der Waals surface area contributed by atoms with Gasteiger partial charge in [0.05, 0.1) is 19.9 Å². The zero-order valence-electron chi connectivity index (χ0n) is 13.8. The van der Waals surface area contributed by atoms with E-state index in [4.69, 9.17) is 15.2 Å². The minimum Gasteiger partial charge on any atom is -0.497 e. The SMILES string of the molecule is COc1cc(OC)cc(C(=O)Nc2nc(-c3cccc(N)c3)cs2)c1. The van der Waals surface area contributed by atoms with E-state index in [0.29, 0.717) is 27.9 Å². The van der Waals surface area contributed by atoms with Crippen LogP contribution in [0.3, 0.4) is 0 Å². The summed E-state index contributed by atoms with van der Waals surface area (Å²) in [7, 11) is 3.07. The standard InChI is InChI=1S/C18H17N3O3S/c1-23-14-7-12(8-15(9-14)24-2)17(22)21-18-20-16(10-25-18)11-4-3-5-13(19)6-11/h3-10H,19H2,1-2H3,(H,20,21,22). The molecule has 0 radical (unpaired) electrons.